The number of isocyanates is 1. The first-order valence-electron chi connectivity index (χ1n) is 9.21. The third-order valence-electron chi connectivity index (χ3n) is 4.51. The van der Waals surface area contributed by atoms with Gasteiger partial charge in [0.15, 0.2) is 6.17 Å². The summed E-state index contributed by atoms with van der Waals surface area (Å²) < 4.78 is 11.0. The first-order chi connectivity index (χ1) is 13.4. The lowest BCUT2D eigenvalue weighted by Gasteiger charge is -2.22. The number of carbonyl (C=O) groups is 1. The van der Waals surface area contributed by atoms with Crippen molar-refractivity contribution in [2.75, 3.05) is 13.2 Å². The Hall–Kier alpha value is -2.95. The Morgan fingerprint density at radius 3 is 2.21 bits per heavy atom. The van der Waals surface area contributed by atoms with Gasteiger partial charge in [-0.25, -0.2) is 9.59 Å². The maximum Gasteiger partial charge on any atom is 0.408 e. The molecule has 0 radical (unpaired) electrons. The second kappa shape index (κ2) is 8.38. The number of hydrogen-bond donors (Lipinski definition) is 1. The Morgan fingerprint density at radius 1 is 1.11 bits per heavy atom. The van der Waals surface area contributed by atoms with Gasteiger partial charge in [-0.05, 0) is 43.0 Å². The van der Waals surface area contributed by atoms with Gasteiger partial charge in [0.25, 0.3) is 0 Å². The Morgan fingerprint density at radius 2 is 1.68 bits per heavy atom. The van der Waals surface area contributed by atoms with Crippen molar-refractivity contribution in [1.82, 2.24) is 5.32 Å². The Bertz CT molecular complexity index is 852. The van der Waals surface area contributed by atoms with E-state index in [9.17, 15) is 9.59 Å². The summed E-state index contributed by atoms with van der Waals surface area (Å²) in [6, 6.07) is 16.2. The molecule has 1 aliphatic rings. The fourth-order valence-corrected chi connectivity index (χ4v) is 3.28. The van der Waals surface area contributed by atoms with Gasteiger partial charge < -0.3 is 9.47 Å². The fourth-order valence-electron chi connectivity index (χ4n) is 3.28. The molecule has 0 saturated heterocycles. The van der Waals surface area contributed by atoms with Gasteiger partial charge in [-0.15, -0.1) is 0 Å². The van der Waals surface area contributed by atoms with Gasteiger partial charge in [0, 0.05) is 5.92 Å². The van der Waals surface area contributed by atoms with E-state index < -0.39 is 17.9 Å². The quantitative estimate of drug-likeness (QED) is 0.607. The fraction of sp³-hybridized carbons (Fsp3) is 0.364. The Labute approximate surface area is 164 Å². The highest BCUT2D eigenvalue weighted by atomic mass is 16.5. The molecule has 0 spiro atoms. The molecule has 6 heteroatoms. The summed E-state index contributed by atoms with van der Waals surface area (Å²) in [7, 11) is 0. The summed E-state index contributed by atoms with van der Waals surface area (Å²) in [4.78, 5) is 26.5. The summed E-state index contributed by atoms with van der Waals surface area (Å²) in [6.07, 6.45) is -0.0327. The molecule has 0 aliphatic heterocycles. The molecule has 0 unspecified atom stereocenters. The molecule has 1 N–H and O–H groups in total. The molecule has 0 heterocycles. The minimum Gasteiger partial charge on any atom is -0.449 e. The number of nitrogens with zero attached hydrogens (tertiary/aromatic N) is 1. The normalized spacial score (nSPS) is 13.8. The Balaban J connectivity index is 1.65. The minimum absolute atomic E-state index is 0.0306. The van der Waals surface area contributed by atoms with Gasteiger partial charge in [0.1, 0.15) is 6.61 Å². The largest absolute Gasteiger partial charge is 0.449 e. The molecule has 0 bridgehead atoms. The van der Waals surface area contributed by atoms with Crippen molar-refractivity contribution in [2.45, 2.75) is 38.5 Å². The van der Waals surface area contributed by atoms with Crippen LogP contribution in [-0.2, 0) is 14.3 Å². The summed E-state index contributed by atoms with van der Waals surface area (Å²) in [5, 5.41) is 2.55. The zero-order valence-electron chi connectivity index (χ0n) is 16.3. The average molecular weight is 380 g/mol. The predicted octanol–water partition coefficient (Wildman–Crippen LogP) is 4.00. The van der Waals surface area contributed by atoms with E-state index in [1.807, 2.05) is 45.0 Å². The minimum atomic E-state index is -0.840. The van der Waals surface area contributed by atoms with Crippen LogP contribution < -0.4 is 5.32 Å². The van der Waals surface area contributed by atoms with Crippen molar-refractivity contribution in [3.05, 3.63) is 59.7 Å². The molecule has 28 heavy (non-hydrogen) atoms. The summed E-state index contributed by atoms with van der Waals surface area (Å²) >= 11 is 0. The number of aliphatic imine (C=N–C) groups is 1. The SMILES string of the molecule is CC(C)(C)OC[C@@H](N=C=O)NC(=O)OCC1c2ccccc2-c2ccccc21. The van der Waals surface area contributed by atoms with Crippen molar-refractivity contribution in [3.8, 4) is 11.1 Å². The molecule has 3 rings (SSSR count). The highest BCUT2D eigenvalue weighted by Crippen LogP contribution is 2.44. The molecule has 0 fully saturated rings. The monoisotopic (exact) mass is 380 g/mol. The topological polar surface area (TPSA) is 77.0 Å². The average Bonchev–Trinajstić information content (AvgIpc) is 2.98. The van der Waals surface area contributed by atoms with Crippen LogP contribution >= 0.6 is 0 Å². The van der Waals surface area contributed by atoms with E-state index in [1.165, 1.54) is 6.08 Å². The molecule has 0 aromatic heterocycles. The van der Waals surface area contributed by atoms with Gasteiger partial charge in [-0.3, -0.25) is 5.32 Å². The van der Waals surface area contributed by atoms with E-state index in [0.29, 0.717) is 0 Å². The maximum atomic E-state index is 12.3. The van der Waals surface area contributed by atoms with Gasteiger partial charge in [-0.2, -0.15) is 4.99 Å². The van der Waals surface area contributed by atoms with Crippen LogP contribution in [0.1, 0.15) is 37.8 Å². The molecule has 2 aromatic rings. The van der Waals surface area contributed by atoms with Crippen molar-refractivity contribution in [3.63, 3.8) is 0 Å². The van der Waals surface area contributed by atoms with E-state index in [0.717, 1.165) is 22.3 Å². The van der Waals surface area contributed by atoms with Crippen molar-refractivity contribution >= 4 is 12.2 Å². The van der Waals surface area contributed by atoms with E-state index in [4.69, 9.17) is 9.47 Å². The van der Waals surface area contributed by atoms with Gasteiger partial charge in [0.05, 0.1) is 12.2 Å². The molecule has 1 aliphatic carbocycles. The van der Waals surface area contributed by atoms with Gasteiger partial charge in [-0.1, -0.05) is 48.5 Å². The van der Waals surface area contributed by atoms with Gasteiger partial charge in [0.2, 0.25) is 6.08 Å². The number of benzene rings is 2. The predicted molar refractivity (Wildman–Crippen MR) is 106 cm³/mol. The summed E-state index contributed by atoms with van der Waals surface area (Å²) in [6.45, 7) is 5.88. The number of alkyl carbamates (subject to hydrolysis) is 1. The first kappa shape index (κ1) is 19.8. The number of amides is 1. The van der Waals surface area contributed by atoms with Crippen molar-refractivity contribution < 1.29 is 19.1 Å². The zero-order valence-corrected chi connectivity index (χ0v) is 16.3. The number of nitrogens with one attached hydrogen (secondary N) is 1. The molecule has 1 atom stereocenters. The maximum absolute atomic E-state index is 12.3. The summed E-state index contributed by atoms with van der Waals surface area (Å²) in [5.41, 5.74) is 4.17. The van der Waals surface area contributed by atoms with Crippen LogP contribution in [0.25, 0.3) is 11.1 Å². The van der Waals surface area contributed by atoms with Crippen molar-refractivity contribution in [1.29, 1.82) is 0 Å². The lowest BCUT2D eigenvalue weighted by Crippen LogP contribution is -2.39. The van der Waals surface area contributed by atoms with E-state index in [1.54, 1.807) is 0 Å². The molecule has 6 nitrogen and oxygen atoms in total. The zero-order chi connectivity index (χ0) is 20.1. The molecular formula is C22H24N2O4. The Kier molecular flexibility index (Phi) is 5.93. The van der Waals surface area contributed by atoms with Crippen LogP contribution in [0.3, 0.4) is 0 Å². The second-order valence-corrected chi connectivity index (χ2v) is 7.63. The third kappa shape index (κ3) is 4.66. The molecule has 1 amide bonds. The van der Waals surface area contributed by atoms with Crippen LogP contribution in [0.2, 0.25) is 0 Å². The highest BCUT2D eigenvalue weighted by molar-refractivity contribution is 5.79. The van der Waals surface area contributed by atoms with E-state index in [-0.39, 0.29) is 19.1 Å². The number of rotatable bonds is 6. The number of hydrogen-bond acceptors (Lipinski definition) is 5. The lowest BCUT2D eigenvalue weighted by atomic mass is 9.98. The number of ether oxygens (including phenoxy) is 2. The second-order valence-electron chi connectivity index (χ2n) is 7.63. The number of carbonyl (C=O) groups excluding carboxylic acids is 2. The van der Waals surface area contributed by atoms with Crippen LogP contribution in [0, 0.1) is 0 Å². The third-order valence-corrected chi connectivity index (χ3v) is 4.51. The van der Waals surface area contributed by atoms with E-state index >= 15 is 0 Å². The van der Waals surface area contributed by atoms with Crippen LogP contribution in [0.4, 0.5) is 4.79 Å². The first-order valence-corrected chi connectivity index (χ1v) is 9.21. The molecule has 146 valence electrons. The van der Waals surface area contributed by atoms with Gasteiger partial charge >= 0.3 is 6.09 Å². The molecule has 2 aromatic carbocycles. The molecule has 0 saturated carbocycles. The van der Waals surface area contributed by atoms with Crippen LogP contribution in [0.5, 0.6) is 0 Å². The lowest BCUT2D eigenvalue weighted by molar-refractivity contribution is -0.0135. The van der Waals surface area contributed by atoms with Crippen molar-refractivity contribution in [2.24, 2.45) is 4.99 Å². The molecular weight excluding hydrogens is 356 g/mol. The summed E-state index contributed by atoms with van der Waals surface area (Å²) in [5.74, 6) is -0.0306. The van der Waals surface area contributed by atoms with Crippen LogP contribution in [-0.4, -0.2) is 37.2 Å². The van der Waals surface area contributed by atoms with E-state index in [2.05, 4.69) is 34.6 Å². The smallest absolute Gasteiger partial charge is 0.408 e. The highest BCUT2D eigenvalue weighted by Gasteiger charge is 2.29. The standard InChI is InChI=1S/C22H24N2O4/c1-22(2,3)28-13-20(23-14-25)24-21(26)27-12-19-17-10-6-4-8-15(17)16-9-5-7-11-18(16)19/h4-11,19-20H,12-13H2,1-3H3,(H,24,26)/t20-/m0/s1. The van der Waals surface area contributed by atoms with Crippen LogP contribution in [0.15, 0.2) is 53.5 Å². The number of fused-ring (bicyclic) bond motifs is 3.